The van der Waals surface area contributed by atoms with Gasteiger partial charge in [0, 0.05) is 24.0 Å². The molecule has 1 aliphatic heterocycles. The molecule has 0 bridgehead atoms. The first-order valence-corrected chi connectivity index (χ1v) is 9.39. The van der Waals surface area contributed by atoms with Crippen molar-refractivity contribution in [1.29, 1.82) is 0 Å². The first-order valence-electron chi connectivity index (χ1n) is 7.07. The molecule has 0 radical (unpaired) electrons. The zero-order valence-corrected chi connectivity index (χ0v) is 14.2. The highest BCUT2D eigenvalue weighted by molar-refractivity contribution is 7.89. The minimum absolute atomic E-state index is 0.0427. The van der Waals surface area contributed by atoms with Crippen molar-refractivity contribution in [3.05, 3.63) is 15.8 Å². The summed E-state index contributed by atoms with van der Waals surface area (Å²) in [6.07, 6.45) is 1.08. The molecule has 0 amide bonds. The van der Waals surface area contributed by atoms with E-state index in [9.17, 15) is 8.42 Å². The molecule has 0 aliphatic carbocycles. The van der Waals surface area contributed by atoms with Gasteiger partial charge in [-0.15, -0.1) is 11.3 Å². The summed E-state index contributed by atoms with van der Waals surface area (Å²) in [4.78, 5) is 1.21. The number of thiophene rings is 1. The van der Waals surface area contributed by atoms with Gasteiger partial charge in [0.25, 0.3) is 0 Å². The summed E-state index contributed by atoms with van der Waals surface area (Å²) in [5.41, 5.74) is 6.52. The van der Waals surface area contributed by atoms with Gasteiger partial charge in [0.2, 0.25) is 10.0 Å². The Morgan fingerprint density at radius 3 is 2.65 bits per heavy atom. The minimum atomic E-state index is -3.44. The van der Waals surface area contributed by atoms with Gasteiger partial charge in [-0.1, -0.05) is 13.8 Å². The molecule has 1 aliphatic rings. The predicted molar refractivity (Wildman–Crippen MR) is 83.2 cm³/mol. The normalized spacial score (nSPS) is 28.8. The van der Waals surface area contributed by atoms with Gasteiger partial charge in [0.1, 0.15) is 4.90 Å². The maximum Gasteiger partial charge on any atom is 0.244 e. The standard InChI is InChI=1S/C14H24N2O2S2/c1-9-5-10(2)12(4)16(7-9)20(17,18)14-11(3)8-19-13(14)6-15/h8-10,12H,5-7,15H2,1-4H3. The summed E-state index contributed by atoms with van der Waals surface area (Å²) >= 11 is 1.44. The Hall–Kier alpha value is -0.430. The molecule has 3 unspecified atom stereocenters. The molecule has 3 atom stereocenters. The predicted octanol–water partition coefficient (Wildman–Crippen LogP) is 2.57. The van der Waals surface area contributed by atoms with E-state index in [1.807, 2.05) is 19.2 Å². The molecule has 4 nitrogen and oxygen atoms in total. The van der Waals surface area contributed by atoms with Crippen LogP contribution in [-0.4, -0.2) is 25.3 Å². The third kappa shape index (κ3) is 2.66. The van der Waals surface area contributed by atoms with Crippen LogP contribution in [0.2, 0.25) is 0 Å². The van der Waals surface area contributed by atoms with Crippen molar-refractivity contribution in [2.24, 2.45) is 17.6 Å². The molecular formula is C14H24N2O2S2. The molecule has 114 valence electrons. The summed E-state index contributed by atoms with van der Waals surface area (Å²) < 4.78 is 27.7. The smallest absolute Gasteiger partial charge is 0.244 e. The van der Waals surface area contributed by atoms with Crippen LogP contribution < -0.4 is 5.73 Å². The first-order chi connectivity index (χ1) is 9.28. The fourth-order valence-electron chi connectivity index (χ4n) is 3.07. The maximum atomic E-state index is 13.0. The van der Waals surface area contributed by atoms with Crippen LogP contribution in [0, 0.1) is 18.8 Å². The highest BCUT2D eigenvalue weighted by atomic mass is 32.2. The first kappa shape index (κ1) is 15.9. The van der Waals surface area contributed by atoms with Crippen LogP contribution in [0.4, 0.5) is 0 Å². The van der Waals surface area contributed by atoms with Gasteiger partial charge in [-0.3, -0.25) is 0 Å². The fourth-order valence-corrected chi connectivity index (χ4v) is 6.58. The third-order valence-corrected chi connectivity index (χ3v) is 7.72. The van der Waals surface area contributed by atoms with E-state index in [0.29, 0.717) is 23.3 Å². The van der Waals surface area contributed by atoms with E-state index >= 15 is 0 Å². The van der Waals surface area contributed by atoms with Crippen LogP contribution >= 0.6 is 11.3 Å². The summed E-state index contributed by atoms with van der Waals surface area (Å²) in [7, 11) is -3.44. The van der Waals surface area contributed by atoms with Gasteiger partial charge >= 0.3 is 0 Å². The third-order valence-electron chi connectivity index (χ3n) is 4.28. The van der Waals surface area contributed by atoms with Crippen molar-refractivity contribution in [3.8, 4) is 0 Å². The zero-order chi connectivity index (χ0) is 15.1. The average Bonchev–Trinajstić information content (AvgIpc) is 2.75. The van der Waals surface area contributed by atoms with Gasteiger partial charge in [-0.25, -0.2) is 8.42 Å². The molecule has 0 saturated carbocycles. The number of sulfonamides is 1. The van der Waals surface area contributed by atoms with E-state index in [0.717, 1.165) is 16.9 Å². The van der Waals surface area contributed by atoms with E-state index in [4.69, 9.17) is 5.73 Å². The molecule has 0 spiro atoms. The highest BCUT2D eigenvalue weighted by Gasteiger charge is 2.39. The van der Waals surface area contributed by atoms with Crippen molar-refractivity contribution in [3.63, 3.8) is 0 Å². The summed E-state index contributed by atoms with van der Waals surface area (Å²) in [6, 6.07) is 0.0427. The molecule has 0 aromatic carbocycles. The summed E-state index contributed by atoms with van der Waals surface area (Å²) in [5.74, 6) is 0.782. The lowest BCUT2D eigenvalue weighted by Gasteiger charge is -2.40. The molecule has 1 aromatic rings. The van der Waals surface area contributed by atoms with Crippen molar-refractivity contribution < 1.29 is 8.42 Å². The lowest BCUT2D eigenvalue weighted by molar-refractivity contribution is 0.157. The van der Waals surface area contributed by atoms with E-state index in [1.54, 1.807) is 4.31 Å². The Kier molecular flexibility index (Phi) is 4.59. The molecule has 2 rings (SSSR count). The number of nitrogens with two attached hydrogens (primary N) is 1. The summed E-state index contributed by atoms with van der Waals surface area (Å²) in [6.45, 7) is 9.00. The SMILES string of the molecule is Cc1csc(CN)c1S(=O)(=O)N1CC(C)CC(C)C1C. The van der Waals surface area contributed by atoms with Gasteiger partial charge in [-0.2, -0.15) is 4.31 Å². The number of rotatable bonds is 3. The Labute approximate surface area is 126 Å². The van der Waals surface area contributed by atoms with Crippen LogP contribution in [0.1, 0.15) is 37.6 Å². The van der Waals surface area contributed by atoms with Crippen LogP contribution in [0.15, 0.2) is 10.3 Å². The largest absolute Gasteiger partial charge is 0.326 e. The number of aryl methyl sites for hydroxylation is 1. The quantitative estimate of drug-likeness (QED) is 0.932. The Morgan fingerprint density at radius 1 is 1.40 bits per heavy atom. The van der Waals surface area contributed by atoms with E-state index in [2.05, 4.69) is 13.8 Å². The number of piperidine rings is 1. The van der Waals surface area contributed by atoms with Crippen molar-refractivity contribution >= 4 is 21.4 Å². The molecule has 1 fully saturated rings. The van der Waals surface area contributed by atoms with E-state index in [1.165, 1.54) is 11.3 Å². The Balaban J connectivity index is 2.46. The maximum absolute atomic E-state index is 13.0. The fraction of sp³-hybridized carbons (Fsp3) is 0.714. The van der Waals surface area contributed by atoms with Gasteiger partial charge in [0.05, 0.1) is 0 Å². The molecule has 2 N–H and O–H groups in total. The molecule has 1 aromatic heterocycles. The lowest BCUT2D eigenvalue weighted by Crippen LogP contribution is -2.48. The monoisotopic (exact) mass is 316 g/mol. The Bertz CT molecular complexity index is 580. The van der Waals surface area contributed by atoms with Gasteiger partial charge < -0.3 is 5.73 Å². The topological polar surface area (TPSA) is 63.4 Å². The second-order valence-electron chi connectivity index (χ2n) is 6.01. The van der Waals surface area contributed by atoms with Crippen LogP contribution in [0.25, 0.3) is 0 Å². The number of nitrogens with zero attached hydrogens (tertiary/aromatic N) is 1. The molecular weight excluding hydrogens is 292 g/mol. The van der Waals surface area contributed by atoms with Crippen molar-refractivity contribution in [2.45, 2.75) is 51.6 Å². The average molecular weight is 316 g/mol. The number of hydrogen-bond acceptors (Lipinski definition) is 4. The van der Waals surface area contributed by atoms with Crippen LogP contribution in [-0.2, 0) is 16.6 Å². The summed E-state index contributed by atoms with van der Waals surface area (Å²) in [5, 5.41) is 1.89. The Morgan fingerprint density at radius 2 is 2.05 bits per heavy atom. The highest BCUT2D eigenvalue weighted by Crippen LogP contribution is 2.35. The van der Waals surface area contributed by atoms with Crippen LogP contribution in [0.3, 0.4) is 0 Å². The minimum Gasteiger partial charge on any atom is -0.326 e. The molecule has 20 heavy (non-hydrogen) atoms. The van der Waals surface area contributed by atoms with Crippen LogP contribution in [0.5, 0.6) is 0 Å². The van der Waals surface area contributed by atoms with Gasteiger partial charge in [-0.05, 0) is 43.0 Å². The van der Waals surface area contributed by atoms with Gasteiger partial charge in [0.15, 0.2) is 0 Å². The second kappa shape index (κ2) is 5.75. The molecule has 2 heterocycles. The zero-order valence-electron chi connectivity index (χ0n) is 12.6. The van der Waals surface area contributed by atoms with Crippen molar-refractivity contribution in [2.75, 3.05) is 6.54 Å². The molecule has 6 heteroatoms. The molecule has 1 saturated heterocycles. The second-order valence-corrected chi connectivity index (χ2v) is 8.80. The number of hydrogen-bond donors (Lipinski definition) is 1. The van der Waals surface area contributed by atoms with Crippen molar-refractivity contribution in [1.82, 2.24) is 4.31 Å². The van der Waals surface area contributed by atoms with E-state index < -0.39 is 10.0 Å². The lowest BCUT2D eigenvalue weighted by atomic mass is 9.88. The van der Waals surface area contributed by atoms with E-state index in [-0.39, 0.29) is 12.6 Å².